The Morgan fingerprint density at radius 2 is 1.93 bits per heavy atom. The van der Waals surface area contributed by atoms with Gasteiger partial charge in [0.1, 0.15) is 5.01 Å². The molecule has 1 aromatic carbocycles. The van der Waals surface area contributed by atoms with Gasteiger partial charge in [0.15, 0.2) is 5.69 Å². The Hall–Kier alpha value is -2.75. The lowest BCUT2D eigenvalue weighted by molar-refractivity contribution is -0.143. The molecule has 4 rings (SSSR count). The number of hydrogen-bond donors (Lipinski definition) is 1. The molecule has 1 saturated carbocycles. The number of aryl methyl sites for hydroxylation is 1. The molecule has 1 N–H and O–H groups in total. The van der Waals surface area contributed by atoms with Gasteiger partial charge in [-0.05, 0) is 31.9 Å². The van der Waals surface area contributed by atoms with Gasteiger partial charge >= 0.3 is 6.18 Å². The van der Waals surface area contributed by atoms with E-state index in [4.69, 9.17) is 0 Å². The minimum atomic E-state index is -4.76. The Morgan fingerprint density at radius 3 is 2.56 bits per heavy atom. The molecule has 1 amide bonds. The van der Waals surface area contributed by atoms with E-state index in [1.54, 1.807) is 12.1 Å². The molecule has 140 valence electrons. The smallest absolute Gasteiger partial charge is 0.296 e. The zero-order chi connectivity index (χ0) is 19.2. The summed E-state index contributed by atoms with van der Waals surface area (Å²) in [5, 5.41) is 15.0. The number of carbonyl (C=O) groups excluding carboxylic acids is 1. The van der Waals surface area contributed by atoms with Gasteiger partial charge in [-0.2, -0.15) is 18.3 Å². The molecule has 0 aliphatic heterocycles. The van der Waals surface area contributed by atoms with E-state index in [9.17, 15) is 18.0 Å². The van der Waals surface area contributed by atoms with Crippen LogP contribution in [0.5, 0.6) is 0 Å². The number of halogens is 3. The van der Waals surface area contributed by atoms with Crippen molar-refractivity contribution >= 4 is 22.4 Å². The highest BCUT2D eigenvalue weighted by molar-refractivity contribution is 7.15. The lowest BCUT2D eigenvalue weighted by Gasteiger charge is -2.12. The van der Waals surface area contributed by atoms with Crippen LogP contribution in [0.2, 0.25) is 0 Å². The average molecular weight is 393 g/mol. The fourth-order valence-corrected chi connectivity index (χ4v) is 3.52. The molecule has 0 unspecified atom stereocenters. The van der Waals surface area contributed by atoms with E-state index < -0.39 is 23.3 Å². The summed E-state index contributed by atoms with van der Waals surface area (Å²) >= 11 is 1.18. The molecule has 1 aliphatic rings. The fraction of sp³-hybridized carbons (Fsp3) is 0.294. The summed E-state index contributed by atoms with van der Waals surface area (Å²) in [6.07, 6.45) is -1.80. The van der Waals surface area contributed by atoms with Crippen LogP contribution in [-0.2, 0) is 6.18 Å². The number of amides is 1. The van der Waals surface area contributed by atoms with Crippen LogP contribution in [0.25, 0.3) is 5.69 Å². The highest BCUT2D eigenvalue weighted by atomic mass is 32.1. The van der Waals surface area contributed by atoms with Crippen molar-refractivity contribution < 1.29 is 18.0 Å². The predicted molar refractivity (Wildman–Crippen MR) is 93.1 cm³/mol. The molecule has 2 aromatic heterocycles. The number of benzene rings is 1. The molecule has 10 heteroatoms. The Balaban J connectivity index is 1.66. The van der Waals surface area contributed by atoms with Crippen molar-refractivity contribution in [2.75, 3.05) is 5.32 Å². The zero-order valence-electron chi connectivity index (χ0n) is 14.1. The summed E-state index contributed by atoms with van der Waals surface area (Å²) in [4.78, 5) is 12.4. The van der Waals surface area contributed by atoms with E-state index >= 15 is 0 Å². The van der Waals surface area contributed by atoms with Crippen molar-refractivity contribution in [3.8, 4) is 5.69 Å². The van der Waals surface area contributed by atoms with Crippen molar-refractivity contribution in [2.45, 2.75) is 31.9 Å². The van der Waals surface area contributed by atoms with Gasteiger partial charge < -0.3 is 0 Å². The number of carbonyl (C=O) groups is 1. The molecule has 27 heavy (non-hydrogen) atoms. The van der Waals surface area contributed by atoms with Crippen molar-refractivity contribution in [3.63, 3.8) is 0 Å². The first kappa shape index (κ1) is 17.7. The molecule has 6 nitrogen and oxygen atoms in total. The molecular formula is C17H14F3N5OS. The summed E-state index contributed by atoms with van der Waals surface area (Å²) in [6.45, 7) is 1.83. The number of rotatable bonds is 4. The SMILES string of the molecule is Cc1ccc(-n2ncc(C(=O)Nc3nnc(C4CC4)s3)c2C(F)(F)F)cc1. The summed E-state index contributed by atoms with van der Waals surface area (Å²) in [5.74, 6) is -0.567. The third-order valence-corrected chi connectivity index (χ3v) is 5.15. The van der Waals surface area contributed by atoms with E-state index in [1.807, 2.05) is 6.92 Å². The number of nitrogens with zero attached hydrogens (tertiary/aromatic N) is 4. The molecule has 0 atom stereocenters. The maximum Gasteiger partial charge on any atom is 0.434 e. The first-order valence-electron chi connectivity index (χ1n) is 8.20. The van der Waals surface area contributed by atoms with Gasteiger partial charge in [-0.25, -0.2) is 4.68 Å². The maximum atomic E-state index is 13.7. The van der Waals surface area contributed by atoms with Crippen LogP contribution in [-0.4, -0.2) is 25.9 Å². The maximum absolute atomic E-state index is 13.7. The third kappa shape index (κ3) is 3.57. The van der Waals surface area contributed by atoms with Crippen LogP contribution in [0.3, 0.4) is 0 Å². The summed E-state index contributed by atoms with van der Waals surface area (Å²) in [5.41, 5.74) is -0.568. The van der Waals surface area contributed by atoms with Gasteiger partial charge in [0, 0.05) is 5.92 Å². The van der Waals surface area contributed by atoms with E-state index in [0.29, 0.717) is 5.92 Å². The Labute approximate surface area is 156 Å². The van der Waals surface area contributed by atoms with Crippen LogP contribution in [0.4, 0.5) is 18.3 Å². The van der Waals surface area contributed by atoms with Gasteiger partial charge in [0.25, 0.3) is 5.91 Å². The highest BCUT2D eigenvalue weighted by Gasteiger charge is 2.40. The lowest BCUT2D eigenvalue weighted by Crippen LogP contribution is -2.20. The number of aromatic nitrogens is 4. The van der Waals surface area contributed by atoms with Crippen LogP contribution < -0.4 is 5.32 Å². The summed E-state index contributed by atoms with van der Waals surface area (Å²) in [7, 11) is 0. The van der Waals surface area contributed by atoms with Gasteiger partial charge in [0.05, 0.1) is 17.4 Å². The monoisotopic (exact) mass is 393 g/mol. The van der Waals surface area contributed by atoms with Gasteiger partial charge in [-0.15, -0.1) is 10.2 Å². The standard InChI is InChI=1S/C17H14F3N5OS/c1-9-2-6-11(7-3-9)25-13(17(18,19)20)12(8-21-25)14(26)22-16-24-23-15(27-16)10-4-5-10/h2-3,6-8,10H,4-5H2,1H3,(H,22,24,26). The van der Waals surface area contributed by atoms with Gasteiger partial charge in [-0.3, -0.25) is 10.1 Å². The molecule has 2 heterocycles. The number of nitrogens with one attached hydrogen (secondary N) is 1. The minimum Gasteiger partial charge on any atom is -0.296 e. The topological polar surface area (TPSA) is 72.7 Å². The Morgan fingerprint density at radius 1 is 1.22 bits per heavy atom. The number of alkyl halides is 3. The molecule has 0 spiro atoms. The van der Waals surface area contributed by atoms with Crippen LogP contribution in [0.1, 0.15) is 45.4 Å². The van der Waals surface area contributed by atoms with Crippen molar-refractivity contribution in [1.82, 2.24) is 20.0 Å². The second-order valence-electron chi connectivity index (χ2n) is 6.33. The Bertz CT molecular complexity index is 989. The summed E-state index contributed by atoms with van der Waals surface area (Å²) in [6, 6.07) is 6.40. The average Bonchev–Trinajstić information content (AvgIpc) is 3.17. The lowest BCUT2D eigenvalue weighted by atomic mass is 10.2. The van der Waals surface area contributed by atoms with Crippen molar-refractivity contribution in [1.29, 1.82) is 0 Å². The third-order valence-electron chi connectivity index (χ3n) is 4.15. The van der Waals surface area contributed by atoms with E-state index in [0.717, 1.165) is 34.3 Å². The first-order chi connectivity index (χ1) is 12.8. The van der Waals surface area contributed by atoms with Crippen LogP contribution in [0.15, 0.2) is 30.5 Å². The quantitative estimate of drug-likeness (QED) is 0.722. The molecular weight excluding hydrogens is 379 g/mol. The highest BCUT2D eigenvalue weighted by Crippen LogP contribution is 2.42. The fourth-order valence-electron chi connectivity index (χ4n) is 2.61. The van der Waals surface area contributed by atoms with Gasteiger partial charge in [0.2, 0.25) is 5.13 Å². The molecule has 1 aliphatic carbocycles. The van der Waals surface area contributed by atoms with E-state index in [-0.39, 0.29) is 10.8 Å². The van der Waals surface area contributed by atoms with Gasteiger partial charge in [-0.1, -0.05) is 29.0 Å². The zero-order valence-corrected chi connectivity index (χ0v) is 14.9. The first-order valence-corrected chi connectivity index (χ1v) is 9.01. The van der Waals surface area contributed by atoms with Crippen molar-refractivity contribution in [2.24, 2.45) is 0 Å². The number of hydrogen-bond acceptors (Lipinski definition) is 5. The second kappa shape index (κ2) is 6.45. The molecule has 3 aromatic rings. The minimum absolute atomic E-state index is 0.179. The normalized spacial score (nSPS) is 14.4. The Kier molecular flexibility index (Phi) is 4.22. The van der Waals surface area contributed by atoms with E-state index in [1.165, 1.54) is 23.5 Å². The summed E-state index contributed by atoms with van der Waals surface area (Å²) < 4.78 is 41.7. The predicted octanol–water partition coefficient (Wildman–Crippen LogP) is 4.18. The van der Waals surface area contributed by atoms with Crippen molar-refractivity contribution in [3.05, 3.63) is 52.3 Å². The molecule has 1 fully saturated rings. The van der Waals surface area contributed by atoms with Crippen LogP contribution in [0, 0.1) is 6.92 Å². The number of anilines is 1. The molecule has 0 radical (unpaired) electrons. The largest absolute Gasteiger partial charge is 0.434 e. The molecule has 0 saturated heterocycles. The van der Waals surface area contributed by atoms with E-state index in [2.05, 4.69) is 20.6 Å². The van der Waals surface area contributed by atoms with Crippen LogP contribution >= 0.6 is 11.3 Å². The molecule has 0 bridgehead atoms. The second-order valence-corrected chi connectivity index (χ2v) is 7.33.